The summed E-state index contributed by atoms with van der Waals surface area (Å²) in [7, 11) is 0. The van der Waals surface area contributed by atoms with Gasteiger partial charge < -0.3 is 9.42 Å². The zero-order chi connectivity index (χ0) is 24.1. The zero-order valence-corrected chi connectivity index (χ0v) is 18.4. The minimum Gasteiger partial charge on any atom is -0.356 e. The number of carbonyl (C=O) groups excluding carboxylic acids is 3. The molecule has 2 aliphatic rings. The first kappa shape index (κ1) is 21.0. The molecule has 0 fully saturated rings. The minimum atomic E-state index is -0.378. The Morgan fingerprint density at radius 1 is 0.886 bits per heavy atom. The van der Waals surface area contributed by atoms with E-state index < -0.39 is 0 Å². The van der Waals surface area contributed by atoms with Gasteiger partial charge in [-0.05, 0) is 67.1 Å². The molecule has 172 valence electrons. The molecule has 8 heteroatoms. The molecule has 1 aromatic heterocycles. The second-order valence-corrected chi connectivity index (χ2v) is 8.46. The SMILES string of the molecule is O=C(c1ccc(N2C(=O)c3ccccc3C2=O)cc1)N1CCc2c(noc2-c2ccc(F)cc2)C1. The quantitative estimate of drug-likeness (QED) is 0.415. The Balaban J connectivity index is 1.19. The van der Waals surface area contributed by atoms with Crippen LogP contribution in [-0.2, 0) is 13.0 Å². The van der Waals surface area contributed by atoms with Crippen molar-refractivity contribution in [1.29, 1.82) is 0 Å². The van der Waals surface area contributed by atoms with Crippen molar-refractivity contribution in [2.75, 3.05) is 11.4 Å². The number of anilines is 1. The summed E-state index contributed by atoms with van der Waals surface area (Å²) in [6.45, 7) is 0.764. The van der Waals surface area contributed by atoms with Crippen molar-refractivity contribution in [3.63, 3.8) is 0 Å². The molecule has 0 N–H and O–H groups in total. The predicted octanol–water partition coefficient (Wildman–Crippen LogP) is 4.48. The summed E-state index contributed by atoms with van der Waals surface area (Å²) >= 11 is 0. The van der Waals surface area contributed by atoms with E-state index in [-0.39, 0.29) is 23.5 Å². The normalized spacial score (nSPS) is 14.8. The van der Waals surface area contributed by atoms with Crippen LogP contribution >= 0.6 is 0 Å². The van der Waals surface area contributed by atoms with Crippen molar-refractivity contribution in [3.05, 3.63) is 107 Å². The third kappa shape index (κ3) is 3.42. The zero-order valence-electron chi connectivity index (χ0n) is 18.4. The minimum absolute atomic E-state index is 0.184. The van der Waals surface area contributed by atoms with E-state index in [0.717, 1.165) is 16.0 Å². The monoisotopic (exact) mass is 467 g/mol. The van der Waals surface area contributed by atoms with E-state index in [1.54, 1.807) is 65.6 Å². The number of aromatic nitrogens is 1. The molecule has 3 aromatic carbocycles. The van der Waals surface area contributed by atoms with Crippen molar-refractivity contribution in [2.45, 2.75) is 13.0 Å². The Bertz CT molecular complexity index is 1460. The number of nitrogens with zero attached hydrogens (tertiary/aromatic N) is 3. The molecule has 0 bridgehead atoms. The standard InChI is InChI=1S/C27H18FN3O4/c28-18-9-5-16(6-10-18)24-22-13-14-30(15-23(22)29-35-24)25(32)17-7-11-19(12-8-17)31-26(33)20-3-1-2-4-21(20)27(31)34/h1-12H,13-15H2. The van der Waals surface area contributed by atoms with Crippen LogP contribution in [0.5, 0.6) is 0 Å². The number of benzene rings is 3. The van der Waals surface area contributed by atoms with Gasteiger partial charge in [0.2, 0.25) is 0 Å². The number of amides is 3. The van der Waals surface area contributed by atoms with E-state index in [1.807, 2.05) is 0 Å². The van der Waals surface area contributed by atoms with Crippen LogP contribution in [0.25, 0.3) is 11.3 Å². The highest BCUT2D eigenvalue weighted by atomic mass is 19.1. The molecule has 0 spiro atoms. The van der Waals surface area contributed by atoms with E-state index in [4.69, 9.17) is 4.52 Å². The van der Waals surface area contributed by atoms with E-state index in [1.165, 1.54) is 12.1 Å². The van der Waals surface area contributed by atoms with E-state index in [2.05, 4.69) is 5.16 Å². The largest absolute Gasteiger partial charge is 0.356 e. The highest BCUT2D eigenvalue weighted by Crippen LogP contribution is 2.32. The summed E-state index contributed by atoms with van der Waals surface area (Å²) < 4.78 is 18.8. The van der Waals surface area contributed by atoms with Crippen LogP contribution in [0, 0.1) is 5.82 Å². The summed E-state index contributed by atoms with van der Waals surface area (Å²) in [4.78, 5) is 41.4. The topological polar surface area (TPSA) is 83.7 Å². The molecule has 7 nitrogen and oxygen atoms in total. The van der Waals surface area contributed by atoms with Gasteiger partial charge in [-0.1, -0.05) is 17.3 Å². The third-order valence-electron chi connectivity index (χ3n) is 6.40. The molecule has 0 unspecified atom stereocenters. The fourth-order valence-electron chi connectivity index (χ4n) is 4.59. The van der Waals surface area contributed by atoms with Crippen LogP contribution in [-0.4, -0.2) is 34.3 Å². The van der Waals surface area contributed by atoms with Gasteiger partial charge in [-0.3, -0.25) is 14.4 Å². The Hall–Kier alpha value is -4.59. The molecule has 2 aliphatic heterocycles. The summed E-state index contributed by atoms with van der Waals surface area (Å²) in [5, 5.41) is 4.14. The Kier molecular flexibility index (Phi) is 4.81. The lowest BCUT2D eigenvalue weighted by atomic mass is 10.00. The number of imide groups is 1. The first-order valence-corrected chi connectivity index (χ1v) is 11.1. The van der Waals surface area contributed by atoms with E-state index >= 15 is 0 Å². The predicted molar refractivity (Wildman–Crippen MR) is 124 cm³/mol. The van der Waals surface area contributed by atoms with Crippen molar-refractivity contribution in [1.82, 2.24) is 10.1 Å². The average molecular weight is 467 g/mol. The lowest BCUT2D eigenvalue weighted by Crippen LogP contribution is -2.36. The first-order chi connectivity index (χ1) is 17.0. The van der Waals surface area contributed by atoms with Crippen LogP contribution < -0.4 is 4.90 Å². The summed E-state index contributed by atoms with van der Waals surface area (Å²) in [5.74, 6) is -0.673. The van der Waals surface area contributed by atoms with Crippen LogP contribution in [0.2, 0.25) is 0 Å². The van der Waals surface area contributed by atoms with Gasteiger partial charge in [-0.15, -0.1) is 0 Å². The second kappa shape index (κ2) is 8.02. The van der Waals surface area contributed by atoms with Gasteiger partial charge in [0.15, 0.2) is 5.76 Å². The van der Waals surface area contributed by atoms with Crippen LogP contribution in [0.15, 0.2) is 77.3 Å². The Morgan fingerprint density at radius 3 is 2.20 bits per heavy atom. The fraction of sp³-hybridized carbons (Fsp3) is 0.111. The molecule has 0 saturated heterocycles. The molecule has 6 rings (SSSR count). The van der Waals surface area contributed by atoms with E-state index in [9.17, 15) is 18.8 Å². The number of halogens is 1. The average Bonchev–Trinajstić information content (AvgIpc) is 3.43. The van der Waals surface area contributed by atoms with Gasteiger partial charge in [0.1, 0.15) is 11.5 Å². The molecule has 4 aromatic rings. The maximum atomic E-state index is 13.3. The first-order valence-electron chi connectivity index (χ1n) is 11.1. The van der Waals surface area contributed by atoms with Crippen molar-refractivity contribution >= 4 is 23.4 Å². The van der Waals surface area contributed by atoms with Gasteiger partial charge in [0.05, 0.1) is 23.4 Å². The number of carbonyl (C=O) groups is 3. The summed E-state index contributed by atoms with van der Waals surface area (Å²) in [5.41, 5.74) is 3.92. The van der Waals surface area contributed by atoms with Crippen LogP contribution in [0.1, 0.15) is 42.3 Å². The molecule has 3 heterocycles. The Morgan fingerprint density at radius 2 is 1.54 bits per heavy atom. The number of rotatable bonds is 3. The lowest BCUT2D eigenvalue weighted by molar-refractivity contribution is 0.0731. The smallest absolute Gasteiger partial charge is 0.266 e. The van der Waals surface area contributed by atoms with Crippen molar-refractivity contribution < 1.29 is 23.3 Å². The van der Waals surface area contributed by atoms with Crippen molar-refractivity contribution in [3.8, 4) is 11.3 Å². The third-order valence-corrected chi connectivity index (χ3v) is 6.40. The summed E-state index contributed by atoms with van der Waals surface area (Å²) in [6, 6.07) is 19.2. The number of hydrogen-bond acceptors (Lipinski definition) is 5. The molecule has 0 aliphatic carbocycles. The molecule has 0 atom stereocenters. The Labute approximate surface area is 199 Å². The maximum Gasteiger partial charge on any atom is 0.266 e. The van der Waals surface area contributed by atoms with Crippen LogP contribution in [0.4, 0.5) is 10.1 Å². The highest BCUT2D eigenvalue weighted by Gasteiger charge is 2.36. The molecule has 35 heavy (non-hydrogen) atoms. The maximum absolute atomic E-state index is 13.3. The van der Waals surface area contributed by atoms with Gasteiger partial charge in [0.25, 0.3) is 17.7 Å². The molecule has 0 saturated carbocycles. The molecule has 0 radical (unpaired) electrons. The molecule has 3 amide bonds. The number of hydrogen-bond donors (Lipinski definition) is 0. The highest BCUT2D eigenvalue weighted by molar-refractivity contribution is 6.34. The van der Waals surface area contributed by atoms with Crippen molar-refractivity contribution in [2.24, 2.45) is 0 Å². The van der Waals surface area contributed by atoms with Gasteiger partial charge in [-0.2, -0.15) is 0 Å². The number of fused-ring (bicyclic) bond motifs is 2. The van der Waals surface area contributed by atoms with Crippen LogP contribution in [0.3, 0.4) is 0 Å². The van der Waals surface area contributed by atoms with Gasteiger partial charge in [-0.25, -0.2) is 9.29 Å². The molecular formula is C27H18FN3O4. The van der Waals surface area contributed by atoms with Gasteiger partial charge >= 0.3 is 0 Å². The fourth-order valence-corrected chi connectivity index (χ4v) is 4.59. The van der Waals surface area contributed by atoms with Gasteiger partial charge in [0, 0.05) is 23.2 Å². The summed E-state index contributed by atoms with van der Waals surface area (Å²) in [6.07, 6.45) is 0.560. The molecular weight excluding hydrogens is 449 g/mol. The second-order valence-electron chi connectivity index (χ2n) is 8.46. The lowest BCUT2D eigenvalue weighted by Gasteiger charge is -2.26. The van der Waals surface area contributed by atoms with E-state index in [0.29, 0.717) is 53.3 Å².